The summed E-state index contributed by atoms with van der Waals surface area (Å²) in [6.07, 6.45) is 2.11. The van der Waals surface area contributed by atoms with Crippen molar-refractivity contribution in [3.63, 3.8) is 0 Å². The predicted molar refractivity (Wildman–Crippen MR) is 86.1 cm³/mol. The number of nitrogens with zero attached hydrogens (tertiary/aromatic N) is 2. The van der Waals surface area contributed by atoms with E-state index >= 15 is 0 Å². The molecular formula is C16H21N3O4. The van der Waals surface area contributed by atoms with E-state index in [0.717, 1.165) is 12.8 Å². The summed E-state index contributed by atoms with van der Waals surface area (Å²) >= 11 is 0. The first kappa shape index (κ1) is 16.9. The molecule has 0 unspecified atom stereocenters. The molecule has 1 fully saturated rings. The molecule has 0 aliphatic carbocycles. The van der Waals surface area contributed by atoms with Gasteiger partial charge in [0.25, 0.3) is 5.69 Å². The van der Waals surface area contributed by atoms with E-state index in [4.69, 9.17) is 0 Å². The summed E-state index contributed by atoms with van der Waals surface area (Å²) in [6, 6.07) is 4.57. The highest BCUT2D eigenvalue weighted by atomic mass is 16.6. The van der Waals surface area contributed by atoms with Crippen LogP contribution in [0.1, 0.15) is 31.7 Å². The summed E-state index contributed by atoms with van der Waals surface area (Å²) < 4.78 is 0. The average molecular weight is 319 g/mol. The third kappa shape index (κ3) is 3.85. The first-order valence-corrected chi connectivity index (χ1v) is 7.76. The molecule has 1 N–H and O–H groups in total. The summed E-state index contributed by atoms with van der Waals surface area (Å²) in [5.41, 5.74) is 0.802. The first-order chi connectivity index (χ1) is 10.9. The predicted octanol–water partition coefficient (Wildman–Crippen LogP) is 2.49. The van der Waals surface area contributed by atoms with E-state index in [1.165, 1.54) is 12.1 Å². The number of anilines is 1. The van der Waals surface area contributed by atoms with Gasteiger partial charge >= 0.3 is 0 Å². The minimum absolute atomic E-state index is 0.00522. The normalized spacial score (nSPS) is 17.4. The molecule has 1 aliphatic heterocycles. The Labute approximate surface area is 134 Å². The van der Waals surface area contributed by atoms with Crippen molar-refractivity contribution in [1.82, 2.24) is 4.90 Å². The van der Waals surface area contributed by atoms with E-state index in [2.05, 4.69) is 12.2 Å². The van der Waals surface area contributed by atoms with E-state index in [1.807, 2.05) is 0 Å². The van der Waals surface area contributed by atoms with Gasteiger partial charge in [-0.15, -0.1) is 0 Å². The standard InChI is InChI=1S/C16H21N3O4/c1-3-4-8-18-10-12(9-15(18)20)16(21)17-13-6-5-7-14(11(13)2)19(22)23/h5-7,12H,3-4,8-10H2,1-2H3,(H,17,21)/t12-/m1/s1. The fraction of sp³-hybridized carbons (Fsp3) is 0.500. The van der Waals surface area contributed by atoms with Crippen molar-refractivity contribution in [1.29, 1.82) is 0 Å². The molecule has 1 saturated heterocycles. The summed E-state index contributed by atoms with van der Waals surface area (Å²) in [5, 5.41) is 13.7. The van der Waals surface area contributed by atoms with Gasteiger partial charge in [0.1, 0.15) is 0 Å². The molecule has 2 amide bonds. The topological polar surface area (TPSA) is 92.6 Å². The number of carbonyl (C=O) groups is 2. The third-order valence-electron chi connectivity index (χ3n) is 4.13. The number of nitrogens with one attached hydrogen (secondary N) is 1. The number of rotatable bonds is 6. The molecule has 23 heavy (non-hydrogen) atoms. The fourth-order valence-electron chi connectivity index (χ4n) is 2.70. The molecule has 0 aromatic heterocycles. The molecule has 0 radical (unpaired) electrons. The number of hydrogen-bond acceptors (Lipinski definition) is 4. The van der Waals surface area contributed by atoms with Crippen LogP contribution in [-0.2, 0) is 9.59 Å². The number of amides is 2. The van der Waals surface area contributed by atoms with Crippen molar-refractivity contribution >= 4 is 23.2 Å². The van der Waals surface area contributed by atoms with Crippen LogP contribution in [0, 0.1) is 23.0 Å². The maximum Gasteiger partial charge on any atom is 0.274 e. The molecule has 1 atom stereocenters. The summed E-state index contributed by atoms with van der Waals surface area (Å²) in [6.45, 7) is 4.74. The first-order valence-electron chi connectivity index (χ1n) is 7.76. The Kier molecular flexibility index (Phi) is 5.31. The van der Waals surface area contributed by atoms with E-state index in [9.17, 15) is 19.7 Å². The van der Waals surface area contributed by atoms with E-state index in [0.29, 0.717) is 24.3 Å². The molecule has 0 bridgehead atoms. The van der Waals surface area contributed by atoms with Crippen molar-refractivity contribution in [3.05, 3.63) is 33.9 Å². The molecule has 0 saturated carbocycles. The zero-order chi connectivity index (χ0) is 17.0. The lowest BCUT2D eigenvalue weighted by atomic mass is 10.1. The largest absolute Gasteiger partial charge is 0.342 e. The van der Waals surface area contributed by atoms with Crippen LogP contribution < -0.4 is 5.32 Å². The molecule has 124 valence electrons. The Bertz CT molecular complexity index is 630. The van der Waals surface area contributed by atoms with Crippen molar-refractivity contribution < 1.29 is 14.5 Å². The van der Waals surface area contributed by atoms with Gasteiger partial charge in [-0.05, 0) is 19.4 Å². The van der Waals surface area contributed by atoms with Gasteiger partial charge in [-0.1, -0.05) is 19.4 Å². The highest BCUT2D eigenvalue weighted by molar-refractivity contribution is 5.98. The number of carbonyl (C=O) groups excluding carboxylic acids is 2. The van der Waals surface area contributed by atoms with Gasteiger partial charge in [0.15, 0.2) is 0 Å². The molecular weight excluding hydrogens is 298 g/mol. The Morgan fingerprint density at radius 3 is 2.87 bits per heavy atom. The number of nitro benzene ring substituents is 1. The fourth-order valence-corrected chi connectivity index (χ4v) is 2.70. The molecule has 1 aliphatic rings. The molecule has 2 rings (SSSR count). The SMILES string of the molecule is CCCCN1C[C@H](C(=O)Nc2cccc([N+](=O)[O-])c2C)CC1=O. The molecule has 7 heteroatoms. The number of likely N-dealkylation sites (tertiary alicyclic amines) is 1. The number of benzene rings is 1. The Hall–Kier alpha value is -2.44. The second-order valence-electron chi connectivity index (χ2n) is 5.79. The smallest absolute Gasteiger partial charge is 0.274 e. The highest BCUT2D eigenvalue weighted by Crippen LogP contribution is 2.27. The van der Waals surface area contributed by atoms with Crippen molar-refractivity contribution in [2.45, 2.75) is 33.1 Å². The van der Waals surface area contributed by atoms with Gasteiger partial charge < -0.3 is 10.2 Å². The van der Waals surface area contributed by atoms with Crippen LogP contribution in [0.15, 0.2) is 18.2 Å². The lowest BCUT2D eigenvalue weighted by Crippen LogP contribution is -2.29. The van der Waals surface area contributed by atoms with E-state index in [-0.39, 0.29) is 23.9 Å². The second-order valence-corrected chi connectivity index (χ2v) is 5.79. The quantitative estimate of drug-likeness (QED) is 0.644. The van der Waals surface area contributed by atoms with Crippen molar-refractivity contribution in [3.8, 4) is 0 Å². The van der Waals surface area contributed by atoms with Crippen LogP contribution in [0.4, 0.5) is 11.4 Å². The van der Waals surface area contributed by atoms with Crippen LogP contribution in [0.3, 0.4) is 0 Å². The van der Waals surface area contributed by atoms with Crippen LogP contribution >= 0.6 is 0 Å². The zero-order valence-electron chi connectivity index (χ0n) is 13.4. The molecule has 1 aromatic carbocycles. The van der Waals surface area contributed by atoms with Crippen molar-refractivity contribution in [2.24, 2.45) is 5.92 Å². The minimum Gasteiger partial charge on any atom is -0.342 e. The van der Waals surface area contributed by atoms with Gasteiger partial charge in [-0.2, -0.15) is 0 Å². The number of unbranched alkanes of at least 4 members (excludes halogenated alkanes) is 1. The third-order valence-corrected chi connectivity index (χ3v) is 4.13. The maximum atomic E-state index is 12.4. The molecule has 7 nitrogen and oxygen atoms in total. The van der Waals surface area contributed by atoms with Crippen LogP contribution in [-0.4, -0.2) is 34.7 Å². The lowest BCUT2D eigenvalue weighted by molar-refractivity contribution is -0.385. The van der Waals surface area contributed by atoms with Gasteiger partial charge in [-0.3, -0.25) is 19.7 Å². The maximum absolute atomic E-state index is 12.4. The van der Waals surface area contributed by atoms with Crippen molar-refractivity contribution in [2.75, 3.05) is 18.4 Å². The van der Waals surface area contributed by atoms with Gasteiger partial charge in [0, 0.05) is 25.6 Å². The number of nitro groups is 1. The van der Waals surface area contributed by atoms with Crippen LogP contribution in [0.2, 0.25) is 0 Å². The summed E-state index contributed by atoms with van der Waals surface area (Å²) in [7, 11) is 0. The summed E-state index contributed by atoms with van der Waals surface area (Å²) in [5.74, 6) is -0.673. The lowest BCUT2D eigenvalue weighted by Gasteiger charge is -2.16. The molecule has 1 heterocycles. The van der Waals surface area contributed by atoms with Gasteiger partial charge in [0.05, 0.1) is 22.1 Å². The summed E-state index contributed by atoms with van der Waals surface area (Å²) in [4.78, 5) is 36.5. The van der Waals surface area contributed by atoms with Gasteiger partial charge in [0.2, 0.25) is 11.8 Å². The monoisotopic (exact) mass is 319 g/mol. The second kappa shape index (κ2) is 7.21. The number of hydrogen-bond donors (Lipinski definition) is 1. The van der Waals surface area contributed by atoms with Gasteiger partial charge in [-0.25, -0.2) is 0 Å². The highest BCUT2D eigenvalue weighted by Gasteiger charge is 2.34. The zero-order valence-corrected chi connectivity index (χ0v) is 13.4. The average Bonchev–Trinajstić information content (AvgIpc) is 2.88. The minimum atomic E-state index is -0.476. The molecule has 1 aromatic rings. The Morgan fingerprint density at radius 1 is 1.48 bits per heavy atom. The van der Waals surface area contributed by atoms with Crippen LogP contribution in [0.25, 0.3) is 0 Å². The van der Waals surface area contributed by atoms with E-state index < -0.39 is 10.8 Å². The Balaban J connectivity index is 2.04. The molecule has 0 spiro atoms. The van der Waals surface area contributed by atoms with Crippen LogP contribution in [0.5, 0.6) is 0 Å². The van der Waals surface area contributed by atoms with E-state index in [1.54, 1.807) is 17.9 Å². The Morgan fingerprint density at radius 2 is 2.22 bits per heavy atom.